The summed E-state index contributed by atoms with van der Waals surface area (Å²) in [7, 11) is 0. The third kappa shape index (κ3) is 2.90. The van der Waals surface area contributed by atoms with Crippen LogP contribution in [-0.2, 0) is 4.79 Å². The lowest BCUT2D eigenvalue weighted by atomic mass is 9.89. The molecule has 0 radical (unpaired) electrons. The van der Waals surface area contributed by atoms with Crippen LogP contribution in [0.2, 0.25) is 5.02 Å². The predicted molar refractivity (Wildman–Crippen MR) is 93.3 cm³/mol. The van der Waals surface area contributed by atoms with E-state index in [1.54, 1.807) is 0 Å². The second-order valence-electron chi connectivity index (χ2n) is 6.56. The molecule has 0 spiro atoms. The molecule has 5 nitrogen and oxygen atoms in total. The number of carboxylic acids is 1. The maximum absolute atomic E-state index is 11.5. The quantitative estimate of drug-likeness (QED) is 0.901. The number of aryl methyl sites for hydroxylation is 1. The summed E-state index contributed by atoms with van der Waals surface area (Å²) in [6.07, 6.45) is 2.17. The number of piperidine rings is 1. The molecule has 0 bridgehead atoms. The molecule has 1 saturated heterocycles. The number of hydrogen-bond donors (Lipinski definition) is 1. The number of fused-ring (bicyclic) bond motifs is 1. The van der Waals surface area contributed by atoms with Crippen molar-refractivity contribution in [2.75, 3.05) is 18.0 Å². The fourth-order valence-electron chi connectivity index (χ4n) is 3.52. The summed E-state index contributed by atoms with van der Waals surface area (Å²) in [5, 5.41) is 20.3. The van der Waals surface area contributed by atoms with Gasteiger partial charge in [-0.25, -0.2) is 0 Å². The van der Waals surface area contributed by atoms with Gasteiger partial charge in [-0.3, -0.25) is 9.78 Å². The van der Waals surface area contributed by atoms with Crippen LogP contribution >= 0.6 is 11.6 Å². The fourth-order valence-corrected chi connectivity index (χ4v) is 3.84. The average molecular weight is 344 g/mol. The van der Waals surface area contributed by atoms with Gasteiger partial charge >= 0.3 is 5.97 Å². The Bertz CT molecular complexity index is 859. The highest BCUT2D eigenvalue weighted by molar-refractivity contribution is 6.35. The van der Waals surface area contributed by atoms with E-state index >= 15 is 0 Å². The summed E-state index contributed by atoms with van der Waals surface area (Å²) in [4.78, 5) is 17.8. The zero-order valence-electron chi connectivity index (χ0n) is 13.6. The molecule has 0 amide bonds. The van der Waals surface area contributed by atoms with Crippen LogP contribution in [0.15, 0.2) is 18.3 Å². The molecule has 24 heavy (non-hydrogen) atoms. The maximum Gasteiger partial charge on any atom is 0.308 e. The number of aromatic nitrogens is 1. The normalized spacial score (nSPS) is 20.8. The number of anilines is 1. The molecule has 2 atom stereocenters. The van der Waals surface area contributed by atoms with E-state index in [-0.39, 0.29) is 5.92 Å². The molecule has 1 aromatic carbocycles. The molecule has 124 valence electrons. The number of halogens is 1. The van der Waals surface area contributed by atoms with E-state index in [2.05, 4.69) is 11.1 Å². The van der Waals surface area contributed by atoms with Gasteiger partial charge in [0.2, 0.25) is 0 Å². The SMILES string of the molecule is Cc1cc(Cl)c2ncc(C#N)c(N3CC(C)CC(C(=O)O)C3)c2c1. The zero-order chi connectivity index (χ0) is 17.4. The van der Waals surface area contributed by atoms with E-state index in [0.717, 1.165) is 16.6 Å². The van der Waals surface area contributed by atoms with E-state index in [0.29, 0.717) is 35.6 Å². The highest BCUT2D eigenvalue weighted by atomic mass is 35.5. The molecule has 0 saturated carbocycles. The standard InChI is InChI=1S/C18H18ClN3O2/c1-10-4-14-16(15(19)5-10)21-7-13(6-20)17(14)22-8-11(2)3-12(9-22)18(23)24/h4-5,7,11-12H,3,8-9H2,1-2H3,(H,23,24). The van der Waals surface area contributed by atoms with Gasteiger partial charge in [0.05, 0.1) is 27.7 Å². The highest BCUT2D eigenvalue weighted by Gasteiger charge is 2.31. The predicted octanol–water partition coefficient (Wildman–Crippen LogP) is 3.62. The third-order valence-electron chi connectivity index (χ3n) is 4.49. The van der Waals surface area contributed by atoms with Gasteiger partial charge in [0.25, 0.3) is 0 Å². The smallest absolute Gasteiger partial charge is 0.308 e. The first-order valence-corrected chi connectivity index (χ1v) is 8.25. The number of carboxylic acid groups (broad SMARTS) is 1. The Kier molecular flexibility index (Phi) is 4.33. The molecule has 0 aliphatic carbocycles. The van der Waals surface area contributed by atoms with E-state index in [1.165, 1.54) is 6.20 Å². The van der Waals surface area contributed by atoms with E-state index in [9.17, 15) is 15.2 Å². The first kappa shape index (κ1) is 16.5. The molecule has 1 aromatic heterocycles. The van der Waals surface area contributed by atoms with Crippen molar-refractivity contribution in [2.24, 2.45) is 11.8 Å². The number of nitriles is 1. The summed E-state index contributed by atoms with van der Waals surface area (Å²) in [5.74, 6) is -1.00. The molecular formula is C18H18ClN3O2. The van der Waals surface area contributed by atoms with Gasteiger partial charge in [0.15, 0.2) is 0 Å². The van der Waals surface area contributed by atoms with Gasteiger partial charge < -0.3 is 10.0 Å². The van der Waals surface area contributed by atoms with Crippen LogP contribution in [0.25, 0.3) is 10.9 Å². The number of carbonyl (C=O) groups is 1. The number of pyridine rings is 1. The van der Waals surface area contributed by atoms with Crippen molar-refractivity contribution in [3.05, 3.63) is 34.5 Å². The molecule has 2 unspecified atom stereocenters. The Morgan fingerprint density at radius 2 is 2.21 bits per heavy atom. The lowest BCUT2D eigenvalue weighted by molar-refractivity contribution is -0.142. The number of benzene rings is 1. The minimum Gasteiger partial charge on any atom is -0.481 e. The van der Waals surface area contributed by atoms with Crippen molar-refractivity contribution in [1.29, 1.82) is 5.26 Å². The molecule has 1 aliphatic heterocycles. The van der Waals surface area contributed by atoms with Crippen molar-refractivity contribution in [1.82, 2.24) is 4.98 Å². The summed E-state index contributed by atoms with van der Waals surface area (Å²) in [5.41, 5.74) is 2.81. The van der Waals surface area contributed by atoms with E-state index in [4.69, 9.17) is 11.6 Å². The summed E-state index contributed by atoms with van der Waals surface area (Å²) in [6.45, 7) is 5.07. The van der Waals surface area contributed by atoms with Crippen LogP contribution in [0.3, 0.4) is 0 Å². The van der Waals surface area contributed by atoms with Gasteiger partial charge in [-0.05, 0) is 37.0 Å². The van der Waals surface area contributed by atoms with Crippen LogP contribution in [0, 0.1) is 30.1 Å². The highest BCUT2D eigenvalue weighted by Crippen LogP contribution is 2.36. The van der Waals surface area contributed by atoms with Gasteiger partial charge in [0.1, 0.15) is 6.07 Å². The first-order valence-electron chi connectivity index (χ1n) is 7.87. The van der Waals surface area contributed by atoms with Gasteiger partial charge in [-0.15, -0.1) is 0 Å². The minimum absolute atomic E-state index is 0.231. The molecule has 2 aromatic rings. The number of rotatable bonds is 2. The first-order chi connectivity index (χ1) is 11.4. The number of nitrogens with zero attached hydrogens (tertiary/aromatic N) is 3. The largest absolute Gasteiger partial charge is 0.481 e. The van der Waals surface area contributed by atoms with Crippen molar-refractivity contribution in [3.63, 3.8) is 0 Å². The monoisotopic (exact) mass is 343 g/mol. The Balaban J connectivity index is 2.20. The molecule has 2 heterocycles. The van der Waals surface area contributed by atoms with Crippen LogP contribution < -0.4 is 4.90 Å². The van der Waals surface area contributed by atoms with Gasteiger partial charge in [-0.1, -0.05) is 18.5 Å². The maximum atomic E-state index is 11.5. The second-order valence-corrected chi connectivity index (χ2v) is 6.96. The Morgan fingerprint density at radius 3 is 2.88 bits per heavy atom. The number of hydrogen-bond acceptors (Lipinski definition) is 4. The Morgan fingerprint density at radius 1 is 1.46 bits per heavy atom. The minimum atomic E-state index is -0.794. The summed E-state index contributed by atoms with van der Waals surface area (Å²) < 4.78 is 0. The van der Waals surface area contributed by atoms with Gasteiger partial charge in [0, 0.05) is 24.7 Å². The summed E-state index contributed by atoms with van der Waals surface area (Å²) in [6, 6.07) is 5.98. The fraction of sp³-hybridized carbons (Fsp3) is 0.389. The third-order valence-corrected chi connectivity index (χ3v) is 4.77. The topological polar surface area (TPSA) is 77.2 Å². The Labute approximate surface area is 145 Å². The molecule has 6 heteroatoms. The van der Waals surface area contributed by atoms with Crippen LogP contribution in [-0.4, -0.2) is 29.1 Å². The molecular weight excluding hydrogens is 326 g/mol. The molecule has 1 fully saturated rings. The lowest BCUT2D eigenvalue weighted by Crippen LogP contribution is -2.43. The summed E-state index contributed by atoms with van der Waals surface area (Å²) >= 11 is 6.32. The van der Waals surface area contributed by atoms with Gasteiger partial charge in [-0.2, -0.15) is 5.26 Å². The lowest BCUT2D eigenvalue weighted by Gasteiger charge is -2.37. The second kappa shape index (κ2) is 6.29. The van der Waals surface area contributed by atoms with E-state index < -0.39 is 11.9 Å². The molecule has 3 rings (SSSR count). The van der Waals surface area contributed by atoms with Crippen molar-refractivity contribution < 1.29 is 9.90 Å². The van der Waals surface area contributed by atoms with Crippen molar-refractivity contribution in [3.8, 4) is 6.07 Å². The van der Waals surface area contributed by atoms with E-state index in [1.807, 2.05) is 30.9 Å². The zero-order valence-corrected chi connectivity index (χ0v) is 14.3. The van der Waals surface area contributed by atoms with Crippen molar-refractivity contribution >= 4 is 34.2 Å². The van der Waals surface area contributed by atoms with Crippen LogP contribution in [0.4, 0.5) is 5.69 Å². The molecule has 1 aliphatic rings. The number of aliphatic carboxylic acids is 1. The van der Waals surface area contributed by atoms with Crippen LogP contribution in [0.1, 0.15) is 24.5 Å². The molecule has 1 N–H and O–H groups in total. The van der Waals surface area contributed by atoms with Crippen molar-refractivity contribution in [2.45, 2.75) is 20.3 Å². The Hall–Kier alpha value is -2.32. The van der Waals surface area contributed by atoms with Crippen LogP contribution in [0.5, 0.6) is 0 Å². The average Bonchev–Trinajstić information content (AvgIpc) is 2.52.